The van der Waals surface area contributed by atoms with Gasteiger partial charge in [0.1, 0.15) is 5.76 Å². The average Bonchev–Trinajstić information content (AvgIpc) is 3.27. The third kappa shape index (κ3) is 4.04. The van der Waals surface area contributed by atoms with Crippen LogP contribution in [0.15, 0.2) is 33.2 Å². The normalized spacial score (nSPS) is 12.3. The molecule has 0 aliphatic rings. The molecule has 0 aliphatic carbocycles. The maximum atomic E-state index is 12.2. The second-order valence-electron chi connectivity index (χ2n) is 6.13. The standard InChI is InChI=1S/C19H23N3O4/c1-4-16-21-18(26-22-16)10-6-9-17(23)20-12(2)15-11-13-7-5-8-14(24-3)19(13)25-15/h5,7-8,11-12H,4,6,9-10H2,1-3H3,(H,20,23). The number of furan rings is 1. The summed E-state index contributed by atoms with van der Waals surface area (Å²) in [5, 5.41) is 7.75. The summed E-state index contributed by atoms with van der Waals surface area (Å²) in [5.74, 6) is 2.60. The minimum absolute atomic E-state index is 0.0415. The molecule has 0 fully saturated rings. The minimum Gasteiger partial charge on any atom is -0.493 e. The lowest BCUT2D eigenvalue weighted by molar-refractivity contribution is -0.121. The van der Waals surface area contributed by atoms with E-state index in [9.17, 15) is 4.79 Å². The number of fused-ring (bicyclic) bond motifs is 1. The maximum absolute atomic E-state index is 12.2. The van der Waals surface area contributed by atoms with Crippen molar-refractivity contribution < 1.29 is 18.5 Å². The second-order valence-corrected chi connectivity index (χ2v) is 6.13. The fraction of sp³-hybridized carbons (Fsp3) is 0.421. The van der Waals surface area contributed by atoms with E-state index in [1.165, 1.54) is 0 Å². The molecule has 0 saturated heterocycles. The first-order valence-corrected chi connectivity index (χ1v) is 8.78. The molecule has 3 rings (SSSR count). The SMILES string of the molecule is CCc1noc(CCCC(=O)NC(C)c2cc3cccc(OC)c3o2)n1. The Morgan fingerprint density at radius 2 is 2.23 bits per heavy atom. The van der Waals surface area contributed by atoms with Gasteiger partial charge in [0.05, 0.1) is 13.2 Å². The molecule has 1 N–H and O–H groups in total. The molecule has 0 bridgehead atoms. The number of carbonyl (C=O) groups is 1. The minimum atomic E-state index is -0.227. The van der Waals surface area contributed by atoms with Gasteiger partial charge in [-0.25, -0.2) is 0 Å². The highest BCUT2D eigenvalue weighted by molar-refractivity contribution is 5.84. The van der Waals surface area contributed by atoms with Gasteiger partial charge in [0.15, 0.2) is 17.2 Å². The number of amides is 1. The molecule has 2 aromatic heterocycles. The summed E-state index contributed by atoms with van der Waals surface area (Å²) >= 11 is 0. The van der Waals surface area contributed by atoms with E-state index in [4.69, 9.17) is 13.7 Å². The Kier molecular flexibility index (Phi) is 5.55. The molecule has 138 valence electrons. The lowest BCUT2D eigenvalue weighted by Crippen LogP contribution is -2.26. The molecule has 1 atom stereocenters. The summed E-state index contributed by atoms with van der Waals surface area (Å²) in [4.78, 5) is 16.4. The van der Waals surface area contributed by atoms with Gasteiger partial charge in [-0.2, -0.15) is 4.98 Å². The smallest absolute Gasteiger partial charge is 0.226 e. The molecule has 3 aromatic rings. The quantitative estimate of drug-likeness (QED) is 0.662. The van der Waals surface area contributed by atoms with E-state index >= 15 is 0 Å². The van der Waals surface area contributed by atoms with Gasteiger partial charge in [-0.3, -0.25) is 4.79 Å². The Morgan fingerprint density at radius 3 is 2.96 bits per heavy atom. The molecule has 0 saturated carbocycles. The van der Waals surface area contributed by atoms with E-state index in [-0.39, 0.29) is 11.9 Å². The number of rotatable bonds is 8. The Bertz CT molecular complexity index is 884. The summed E-state index contributed by atoms with van der Waals surface area (Å²) < 4.78 is 16.3. The fourth-order valence-electron chi connectivity index (χ4n) is 2.75. The monoisotopic (exact) mass is 357 g/mol. The van der Waals surface area contributed by atoms with Gasteiger partial charge in [0.25, 0.3) is 0 Å². The fourth-order valence-corrected chi connectivity index (χ4v) is 2.75. The molecular weight excluding hydrogens is 334 g/mol. The van der Waals surface area contributed by atoms with Gasteiger partial charge in [0.2, 0.25) is 11.8 Å². The third-order valence-electron chi connectivity index (χ3n) is 4.17. The molecule has 0 spiro atoms. The van der Waals surface area contributed by atoms with Crippen molar-refractivity contribution in [2.75, 3.05) is 7.11 Å². The highest BCUT2D eigenvalue weighted by Gasteiger charge is 2.16. The zero-order valence-electron chi connectivity index (χ0n) is 15.2. The van der Waals surface area contributed by atoms with Crippen molar-refractivity contribution >= 4 is 16.9 Å². The van der Waals surface area contributed by atoms with E-state index in [2.05, 4.69) is 15.5 Å². The van der Waals surface area contributed by atoms with Crippen LogP contribution in [0.4, 0.5) is 0 Å². The van der Waals surface area contributed by atoms with Crippen LogP contribution in [-0.2, 0) is 17.6 Å². The molecule has 1 aromatic carbocycles. The Morgan fingerprint density at radius 1 is 1.38 bits per heavy atom. The van der Waals surface area contributed by atoms with Gasteiger partial charge in [-0.1, -0.05) is 24.2 Å². The number of hydrogen-bond acceptors (Lipinski definition) is 6. The van der Waals surface area contributed by atoms with Crippen molar-refractivity contribution in [3.8, 4) is 5.75 Å². The summed E-state index contributed by atoms with van der Waals surface area (Å²) in [7, 11) is 1.61. The molecule has 7 nitrogen and oxygen atoms in total. The molecule has 2 heterocycles. The first kappa shape index (κ1) is 18.0. The van der Waals surface area contributed by atoms with Gasteiger partial charge < -0.3 is 19.0 Å². The van der Waals surface area contributed by atoms with Crippen molar-refractivity contribution in [2.24, 2.45) is 0 Å². The van der Waals surface area contributed by atoms with Crippen LogP contribution in [0.5, 0.6) is 5.75 Å². The van der Waals surface area contributed by atoms with E-state index < -0.39 is 0 Å². The van der Waals surface area contributed by atoms with Crippen molar-refractivity contribution in [3.63, 3.8) is 0 Å². The summed E-state index contributed by atoms with van der Waals surface area (Å²) in [6, 6.07) is 7.41. The van der Waals surface area contributed by atoms with E-state index in [1.807, 2.05) is 38.1 Å². The van der Waals surface area contributed by atoms with Crippen LogP contribution < -0.4 is 10.1 Å². The number of aryl methyl sites for hydroxylation is 2. The number of hydrogen-bond donors (Lipinski definition) is 1. The van der Waals surface area contributed by atoms with E-state index in [0.29, 0.717) is 48.1 Å². The highest BCUT2D eigenvalue weighted by Crippen LogP contribution is 2.30. The number of para-hydroxylation sites is 1. The predicted octanol–water partition coefficient (Wildman–Crippen LogP) is 3.59. The summed E-state index contributed by atoms with van der Waals surface area (Å²) in [6.45, 7) is 3.87. The number of nitrogens with one attached hydrogen (secondary N) is 1. The number of carbonyl (C=O) groups excluding carboxylic acids is 1. The maximum Gasteiger partial charge on any atom is 0.226 e. The second kappa shape index (κ2) is 8.03. The third-order valence-corrected chi connectivity index (χ3v) is 4.17. The summed E-state index contributed by atoms with van der Waals surface area (Å²) in [5.41, 5.74) is 0.689. The van der Waals surface area contributed by atoms with Gasteiger partial charge in [0, 0.05) is 24.6 Å². The molecule has 1 unspecified atom stereocenters. The molecular formula is C19H23N3O4. The Balaban J connectivity index is 1.53. The van der Waals surface area contributed by atoms with Crippen molar-refractivity contribution in [1.82, 2.24) is 15.5 Å². The highest BCUT2D eigenvalue weighted by atomic mass is 16.5. The predicted molar refractivity (Wildman–Crippen MR) is 95.9 cm³/mol. The lowest BCUT2D eigenvalue weighted by atomic mass is 10.2. The van der Waals surface area contributed by atoms with Crippen LogP contribution in [0.1, 0.15) is 50.2 Å². The molecule has 0 radical (unpaired) electrons. The molecule has 0 aliphatic heterocycles. The lowest BCUT2D eigenvalue weighted by Gasteiger charge is -2.11. The zero-order chi connectivity index (χ0) is 18.5. The van der Waals surface area contributed by atoms with Crippen LogP contribution in [0.25, 0.3) is 11.0 Å². The van der Waals surface area contributed by atoms with Crippen LogP contribution in [0.3, 0.4) is 0 Å². The molecule has 1 amide bonds. The van der Waals surface area contributed by atoms with E-state index in [0.717, 1.165) is 11.8 Å². The number of benzene rings is 1. The van der Waals surface area contributed by atoms with Gasteiger partial charge >= 0.3 is 0 Å². The van der Waals surface area contributed by atoms with Crippen molar-refractivity contribution in [2.45, 2.75) is 45.6 Å². The number of methoxy groups -OCH3 is 1. The Hall–Kier alpha value is -2.83. The van der Waals surface area contributed by atoms with Crippen molar-refractivity contribution in [1.29, 1.82) is 0 Å². The first-order chi connectivity index (χ1) is 12.6. The topological polar surface area (TPSA) is 90.4 Å². The number of ether oxygens (including phenoxy) is 1. The van der Waals surface area contributed by atoms with Gasteiger partial charge in [-0.15, -0.1) is 0 Å². The number of nitrogens with zero attached hydrogens (tertiary/aromatic N) is 2. The molecule has 7 heteroatoms. The van der Waals surface area contributed by atoms with Crippen LogP contribution in [0.2, 0.25) is 0 Å². The largest absolute Gasteiger partial charge is 0.493 e. The zero-order valence-corrected chi connectivity index (χ0v) is 15.2. The van der Waals surface area contributed by atoms with Crippen LogP contribution in [0, 0.1) is 0 Å². The van der Waals surface area contributed by atoms with Crippen molar-refractivity contribution in [3.05, 3.63) is 41.7 Å². The number of aromatic nitrogens is 2. The van der Waals surface area contributed by atoms with Crippen LogP contribution in [-0.4, -0.2) is 23.2 Å². The average molecular weight is 357 g/mol. The first-order valence-electron chi connectivity index (χ1n) is 8.78. The van der Waals surface area contributed by atoms with Gasteiger partial charge in [-0.05, 0) is 25.5 Å². The molecule has 26 heavy (non-hydrogen) atoms. The summed E-state index contributed by atoms with van der Waals surface area (Å²) in [6.07, 6.45) is 2.37. The Labute approximate surface area is 151 Å². The van der Waals surface area contributed by atoms with Crippen LogP contribution >= 0.6 is 0 Å². The van der Waals surface area contributed by atoms with E-state index in [1.54, 1.807) is 7.11 Å².